The van der Waals surface area contributed by atoms with Crippen molar-refractivity contribution in [3.8, 4) is 34.3 Å². The lowest BCUT2D eigenvalue weighted by molar-refractivity contribution is 0.242. The van der Waals surface area contributed by atoms with Gasteiger partial charge in [-0.3, -0.25) is 4.98 Å². The third-order valence-electron chi connectivity index (χ3n) is 6.55. The zero-order valence-corrected chi connectivity index (χ0v) is 26.6. The molecule has 6 rings (SSSR count). The number of nitrogens with zero attached hydrogens (tertiary/aromatic N) is 7. The Morgan fingerprint density at radius 2 is 1.24 bits per heavy atom. The van der Waals surface area contributed by atoms with Crippen LogP contribution in [0.1, 0.15) is 36.2 Å². The molecule has 0 radical (unpaired) electrons. The fourth-order valence-corrected chi connectivity index (χ4v) is 4.52. The van der Waals surface area contributed by atoms with Crippen molar-refractivity contribution in [2.45, 2.75) is 33.8 Å². The number of ether oxygens (including phenoxy) is 2. The van der Waals surface area contributed by atoms with E-state index in [-0.39, 0.29) is 6.10 Å². The second-order valence-electron chi connectivity index (χ2n) is 10.8. The lowest BCUT2D eigenvalue weighted by Crippen LogP contribution is -2.05. The molecule has 0 aliphatic carbocycles. The molecule has 0 atom stereocenters. The Morgan fingerprint density at radius 3 is 1.83 bits per heavy atom. The highest BCUT2D eigenvalue weighted by atomic mass is 16.5. The molecule has 0 saturated carbocycles. The predicted molar refractivity (Wildman–Crippen MR) is 184 cm³/mol. The summed E-state index contributed by atoms with van der Waals surface area (Å²) in [6.45, 7) is 8.10. The molecule has 3 aromatic carbocycles. The van der Waals surface area contributed by atoms with Gasteiger partial charge >= 0.3 is 0 Å². The van der Waals surface area contributed by atoms with Crippen LogP contribution >= 0.6 is 0 Å². The summed E-state index contributed by atoms with van der Waals surface area (Å²) in [4.78, 5) is 13.0. The topological polar surface area (TPSA) is 92.8 Å². The molecule has 0 fully saturated rings. The lowest BCUT2D eigenvalue weighted by atomic mass is 10.1. The largest absolute Gasteiger partial charge is 0.497 e. The van der Waals surface area contributed by atoms with Crippen LogP contribution in [-0.2, 0) is 0 Å². The van der Waals surface area contributed by atoms with E-state index in [0.29, 0.717) is 11.6 Å². The Kier molecular flexibility index (Phi) is 10.5. The van der Waals surface area contributed by atoms with Gasteiger partial charge in [-0.25, -0.2) is 19.3 Å². The van der Waals surface area contributed by atoms with Crippen molar-refractivity contribution >= 4 is 24.6 Å². The van der Waals surface area contributed by atoms with Crippen LogP contribution in [0.25, 0.3) is 47.3 Å². The SMILES string of the molecule is COc1cc(C)cc(-c2ncn(/C=C\c3ccccn3)n2)c1.Cc1cc(OC(C)C)cc(-c2ncn(/C=C\c3ccccc3)n2)c1. The minimum absolute atomic E-state index is 0.138. The quantitative estimate of drug-likeness (QED) is 0.164. The first-order valence-electron chi connectivity index (χ1n) is 14.9. The first-order valence-corrected chi connectivity index (χ1v) is 14.9. The van der Waals surface area contributed by atoms with Gasteiger partial charge in [-0.15, -0.1) is 10.2 Å². The Bertz CT molecular complexity index is 1910. The number of hydrogen-bond donors (Lipinski definition) is 0. The second-order valence-corrected chi connectivity index (χ2v) is 10.8. The molecule has 0 aliphatic heterocycles. The molecular formula is C37H37N7O2. The van der Waals surface area contributed by atoms with Crippen molar-refractivity contribution < 1.29 is 9.47 Å². The maximum atomic E-state index is 5.79. The molecule has 0 N–H and O–H groups in total. The number of methoxy groups -OCH3 is 1. The van der Waals surface area contributed by atoms with Crippen LogP contribution in [0.3, 0.4) is 0 Å². The average molecular weight is 612 g/mol. The zero-order chi connectivity index (χ0) is 32.3. The second kappa shape index (κ2) is 15.3. The van der Waals surface area contributed by atoms with E-state index < -0.39 is 0 Å². The molecule has 0 aliphatic rings. The van der Waals surface area contributed by atoms with E-state index in [2.05, 4.69) is 31.2 Å². The van der Waals surface area contributed by atoms with Gasteiger partial charge in [0, 0.05) is 29.7 Å². The lowest BCUT2D eigenvalue weighted by Gasteiger charge is -2.11. The van der Waals surface area contributed by atoms with Gasteiger partial charge in [-0.1, -0.05) is 36.4 Å². The number of rotatable bonds is 9. The molecule has 0 spiro atoms. The molecule has 0 saturated heterocycles. The number of aromatic nitrogens is 7. The number of pyridine rings is 1. The fourth-order valence-electron chi connectivity index (χ4n) is 4.52. The standard InChI is InChI=1S/C20H21N3O.C17H16N4O/c1-15(2)24-19-12-16(3)11-18(13-19)20-21-14-23(22-20)10-9-17-7-5-4-6-8-17;1-13-9-14(11-16(10-13)22-2)17-19-12-21(20-17)8-6-15-5-3-4-7-18-15/h4-15H,1-3H3;3-12H,1-2H3/b10-9-;8-6-. The maximum absolute atomic E-state index is 5.79. The molecule has 6 aromatic rings. The summed E-state index contributed by atoms with van der Waals surface area (Å²) in [6, 6.07) is 27.9. The van der Waals surface area contributed by atoms with Crippen LogP contribution in [0.2, 0.25) is 0 Å². The van der Waals surface area contributed by atoms with Crippen LogP contribution in [0.5, 0.6) is 11.5 Å². The number of aryl methyl sites for hydroxylation is 2. The normalized spacial score (nSPS) is 11.2. The Balaban J connectivity index is 0.000000182. The summed E-state index contributed by atoms with van der Waals surface area (Å²) in [6.07, 6.45) is 12.9. The maximum Gasteiger partial charge on any atom is 0.181 e. The summed E-state index contributed by atoms with van der Waals surface area (Å²) >= 11 is 0. The van der Waals surface area contributed by atoms with E-state index >= 15 is 0 Å². The zero-order valence-electron chi connectivity index (χ0n) is 26.6. The van der Waals surface area contributed by atoms with E-state index in [1.807, 2.05) is 131 Å². The highest BCUT2D eigenvalue weighted by Gasteiger charge is 2.08. The van der Waals surface area contributed by atoms with Crippen molar-refractivity contribution in [2.75, 3.05) is 7.11 Å². The van der Waals surface area contributed by atoms with Crippen molar-refractivity contribution in [1.29, 1.82) is 0 Å². The molecule has 0 unspecified atom stereocenters. The summed E-state index contributed by atoms with van der Waals surface area (Å²) in [5.41, 5.74) is 6.11. The Morgan fingerprint density at radius 1 is 0.652 bits per heavy atom. The van der Waals surface area contributed by atoms with E-state index in [1.54, 1.807) is 35.3 Å². The molecule has 9 heteroatoms. The minimum atomic E-state index is 0.138. The van der Waals surface area contributed by atoms with Gasteiger partial charge in [0.2, 0.25) is 0 Å². The minimum Gasteiger partial charge on any atom is -0.497 e. The summed E-state index contributed by atoms with van der Waals surface area (Å²) in [5.74, 6) is 2.99. The summed E-state index contributed by atoms with van der Waals surface area (Å²) < 4.78 is 14.5. The van der Waals surface area contributed by atoms with Crippen LogP contribution in [-0.4, -0.2) is 47.7 Å². The van der Waals surface area contributed by atoms with Crippen molar-refractivity contribution in [3.05, 3.63) is 126 Å². The third kappa shape index (κ3) is 9.09. The molecule has 3 heterocycles. The first-order chi connectivity index (χ1) is 22.3. The molecule has 0 amide bonds. The molecule has 9 nitrogen and oxygen atoms in total. The van der Waals surface area contributed by atoms with Crippen LogP contribution in [0, 0.1) is 13.8 Å². The van der Waals surface area contributed by atoms with Crippen molar-refractivity contribution in [1.82, 2.24) is 34.5 Å². The van der Waals surface area contributed by atoms with Crippen LogP contribution < -0.4 is 9.47 Å². The van der Waals surface area contributed by atoms with Crippen LogP contribution in [0.15, 0.2) is 104 Å². The molecule has 3 aromatic heterocycles. The monoisotopic (exact) mass is 611 g/mol. The molecule has 46 heavy (non-hydrogen) atoms. The molecule has 232 valence electrons. The van der Waals surface area contributed by atoms with Gasteiger partial charge in [0.25, 0.3) is 0 Å². The van der Waals surface area contributed by atoms with Crippen LogP contribution in [0.4, 0.5) is 0 Å². The van der Waals surface area contributed by atoms with E-state index in [1.165, 1.54) is 0 Å². The van der Waals surface area contributed by atoms with Crippen molar-refractivity contribution in [2.24, 2.45) is 0 Å². The van der Waals surface area contributed by atoms with Gasteiger partial charge in [-0.2, -0.15) is 0 Å². The van der Waals surface area contributed by atoms with Gasteiger partial charge in [0.1, 0.15) is 24.2 Å². The Labute approximate surface area is 269 Å². The van der Waals surface area contributed by atoms with Gasteiger partial charge < -0.3 is 9.47 Å². The van der Waals surface area contributed by atoms with Gasteiger partial charge in [-0.05, 0) is 105 Å². The van der Waals surface area contributed by atoms with Crippen molar-refractivity contribution in [3.63, 3.8) is 0 Å². The number of hydrogen-bond acceptors (Lipinski definition) is 7. The van der Waals surface area contributed by atoms with Gasteiger partial charge in [0.15, 0.2) is 11.6 Å². The fraction of sp³-hybridized carbons (Fsp3) is 0.162. The summed E-state index contributed by atoms with van der Waals surface area (Å²) in [5, 5.41) is 8.97. The highest BCUT2D eigenvalue weighted by molar-refractivity contribution is 5.63. The van der Waals surface area contributed by atoms with E-state index in [9.17, 15) is 0 Å². The Hall–Kier alpha value is -5.83. The highest BCUT2D eigenvalue weighted by Crippen LogP contribution is 2.25. The predicted octanol–water partition coefficient (Wildman–Crippen LogP) is 7.95. The molecular weight excluding hydrogens is 574 g/mol. The molecule has 0 bridgehead atoms. The first kappa shape index (κ1) is 31.6. The van der Waals surface area contributed by atoms with Gasteiger partial charge in [0.05, 0.1) is 18.9 Å². The van der Waals surface area contributed by atoms with E-state index in [0.717, 1.165) is 45.0 Å². The number of benzene rings is 3. The van der Waals surface area contributed by atoms with E-state index in [4.69, 9.17) is 9.47 Å². The smallest absolute Gasteiger partial charge is 0.181 e. The third-order valence-corrected chi connectivity index (χ3v) is 6.55. The average Bonchev–Trinajstić information content (AvgIpc) is 3.74. The summed E-state index contributed by atoms with van der Waals surface area (Å²) in [7, 11) is 1.65.